The van der Waals surface area contributed by atoms with Gasteiger partial charge in [-0.25, -0.2) is 4.98 Å². The third kappa shape index (κ3) is 2.84. The van der Waals surface area contributed by atoms with Crippen molar-refractivity contribution in [2.45, 2.75) is 13.8 Å². The third-order valence-electron chi connectivity index (χ3n) is 2.26. The van der Waals surface area contributed by atoms with Gasteiger partial charge in [-0.3, -0.25) is 4.79 Å². The van der Waals surface area contributed by atoms with Crippen molar-refractivity contribution in [3.8, 4) is 11.6 Å². The quantitative estimate of drug-likeness (QED) is 0.628. The van der Waals surface area contributed by atoms with Gasteiger partial charge in [0, 0.05) is 6.07 Å². The topological polar surface area (TPSA) is 52.1 Å². The minimum Gasteiger partial charge on any atom is -0.438 e. The van der Waals surface area contributed by atoms with Crippen molar-refractivity contribution in [2.24, 2.45) is 0 Å². The van der Waals surface area contributed by atoms with Crippen molar-refractivity contribution in [3.63, 3.8) is 0 Å². The molecule has 18 heavy (non-hydrogen) atoms. The zero-order chi connectivity index (χ0) is 13.1. The van der Waals surface area contributed by atoms with E-state index in [4.69, 9.17) is 16.3 Å². The van der Waals surface area contributed by atoms with Crippen LogP contribution in [0.25, 0.3) is 0 Å². The van der Waals surface area contributed by atoms with Crippen molar-refractivity contribution in [3.05, 3.63) is 46.9 Å². The Morgan fingerprint density at radius 2 is 2.00 bits per heavy atom. The molecule has 0 unspecified atom stereocenters. The third-order valence-corrected chi connectivity index (χ3v) is 2.46. The van der Waals surface area contributed by atoms with Crippen LogP contribution in [0.4, 0.5) is 0 Å². The van der Waals surface area contributed by atoms with Gasteiger partial charge in [-0.1, -0.05) is 23.7 Å². The second-order valence-electron chi connectivity index (χ2n) is 3.73. The number of carbonyl (C=O) groups is 1. The van der Waals surface area contributed by atoms with Crippen LogP contribution in [-0.4, -0.2) is 15.8 Å². The van der Waals surface area contributed by atoms with Crippen LogP contribution in [-0.2, 0) is 0 Å². The van der Waals surface area contributed by atoms with Gasteiger partial charge in [0.2, 0.25) is 5.88 Å². The van der Waals surface area contributed by atoms with E-state index in [2.05, 4.69) is 9.97 Å². The Balaban J connectivity index is 2.37. The number of ketones is 1. The monoisotopic (exact) mass is 262 g/mol. The molecule has 92 valence electrons. The highest BCUT2D eigenvalue weighted by atomic mass is 35.5. The molecular weight excluding hydrogens is 252 g/mol. The van der Waals surface area contributed by atoms with E-state index >= 15 is 0 Å². The molecule has 0 aliphatic heterocycles. The van der Waals surface area contributed by atoms with Crippen molar-refractivity contribution in [1.82, 2.24) is 9.97 Å². The summed E-state index contributed by atoms with van der Waals surface area (Å²) in [6, 6.07) is 8.49. The second-order valence-corrected chi connectivity index (χ2v) is 4.12. The predicted octanol–water partition coefficient (Wildman–Crippen LogP) is 3.43. The van der Waals surface area contributed by atoms with Gasteiger partial charge in [0.05, 0.1) is 5.56 Å². The van der Waals surface area contributed by atoms with E-state index in [1.54, 1.807) is 31.2 Å². The molecule has 0 saturated carbocycles. The van der Waals surface area contributed by atoms with Crippen molar-refractivity contribution in [1.29, 1.82) is 0 Å². The fourth-order valence-electron chi connectivity index (χ4n) is 1.52. The van der Waals surface area contributed by atoms with Crippen LogP contribution < -0.4 is 4.74 Å². The number of ether oxygens (including phenoxy) is 1. The number of hydrogen-bond donors (Lipinski definition) is 0. The number of halogens is 1. The summed E-state index contributed by atoms with van der Waals surface area (Å²) in [5.41, 5.74) is 0.505. The molecule has 2 rings (SSSR count). The minimum absolute atomic E-state index is 0.0672. The molecular formula is C13H11ClN2O2. The molecule has 1 aromatic heterocycles. The Morgan fingerprint density at radius 1 is 1.28 bits per heavy atom. The number of rotatable bonds is 3. The molecule has 0 spiro atoms. The second kappa shape index (κ2) is 5.14. The lowest BCUT2D eigenvalue weighted by atomic mass is 10.1. The van der Waals surface area contributed by atoms with Crippen molar-refractivity contribution in [2.75, 3.05) is 0 Å². The number of aromatic nitrogens is 2. The van der Waals surface area contributed by atoms with Crippen molar-refractivity contribution >= 4 is 17.4 Å². The zero-order valence-electron chi connectivity index (χ0n) is 9.98. The highest BCUT2D eigenvalue weighted by Crippen LogP contribution is 2.25. The van der Waals surface area contributed by atoms with E-state index < -0.39 is 0 Å². The normalized spacial score (nSPS) is 10.2. The van der Waals surface area contributed by atoms with E-state index in [-0.39, 0.29) is 5.78 Å². The number of Topliss-reactive ketones (excluding diaryl/α,β-unsaturated/α-hetero) is 1. The van der Waals surface area contributed by atoms with Gasteiger partial charge in [0.25, 0.3) is 0 Å². The van der Waals surface area contributed by atoms with Crippen LogP contribution in [0.2, 0.25) is 5.15 Å². The number of para-hydroxylation sites is 1. The summed E-state index contributed by atoms with van der Waals surface area (Å²) >= 11 is 5.82. The smallest absolute Gasteiger partial charge is 0.224 e. The van der Waals surface area contributed by atoms with Crippen LogP contribution >= 0.6 is 11.6 Å². The molecule has 4 nitrogen and oxygen atoms in total. The Hall–Kier alpha value is -1.94. The summed E-state index contributed by atoms with van der Waals surface area (Å²) in [7, 11) is 0. The Bertz CT molecular complexity index is 579. The molecule has 5 heteroatoms. The largest absolute Gasteiger partial charge is 0.438 e. The first-order valence-electron chi connectivity index (χ1n) is 5.35. The molecule has 0 amide bonds. The van der Waals surface area contributed by atoms with Gasteiger partial charge in [-0.05, 0) is 26.0 Å². The summed E-state index contributed by atoms with van der Waals surface area (Å²) in [6.07, 6.45) is 0. The Morgan fingerprint density at radius 3 is 2.67 bits per heavy atom. The molecule has 1 aromatic carbocycles. The average Bonchev–Trinajstić information content (AvgIpc) is 2.27. The van der Waals surface area contributed by atoms with Crippen LogP contribution in [0.15, 0.2) is 30.3 Å². The first-order chi connectivity index (χ1) is 8.56. The van der Waals surface area contributed by atoms with E-state index in [1.165, 1.54) is 13.0 Å². The lowest BCUT2D eigenvalue weighted by Crippen LogP contribution is -1.99. The van der Waals surface area contributed by atoms with Gasteiger partial charge in [-0.15, -0.1) is 0 Å². The summed E-state index contributed by atoms with van der Waals surface area (Å²) in [5.74, 6) is 1.22. The lowest BCUT2D eigenvalue weighted by molar-refractivity contribution is 0.101. The fourth-order valence-corrected chi connectivity index (χ4v) is 1.73. The fraction of sp³-hybridized carbons (Fsp3) is 0.154. The molecule has 0 N–H and O–H groups in total. The molecule has 0 bridgehead atoms. The van der Waals surface area contributed by atoms with E-state index in [9.17, 15) is 4.79 Å². The van der Waals surface area contributed by atoms with Gasteiger partial charge < -0.3 is 4.74 Å². The van der Waals surface area contributed by atoms with Gasteiger partial charge >= 0.3 is 0 Å². The molecule has 0 atom stereocenters. The van der Waals surface area contributed by atoms with Crippen LogP contribution in [0.3, 0.4) is 0 Å². The lowest BCUT2D eigenvalue weighted by Gasteiger charge is -2.08. The molecule has 0 fully saturated rings. The molecule has 0 radical (unpaired) electrons. The number of aryl methyl sites for hydroxylation is 1. The highest BCUT2D eigenvalue weighted by Gasteiger charge is 2.10. The van der Waals surface area contributed by atoms with Gasteiger partial charge in [0.15, 0.2) is 5.78 Å². The Kier molecular flexibility index (Phi) is 3.58. The first-order valence-corrected chi connectivity index (χ1v) is 5.73. The maximum Gasteiger partial charge on any atom is 0.224 e. The van der Waals surface area contributed by atoms with Crippen LogP contribution in [0, 0.1) is 6.92 Å². The first kappa shape index (κ1) is 12.5. The van der Waals surface area contributed by atoms with E-state index in [0.717, 1.165) is 0 Å². The number of benzene rings is 1. The van der Waals surface area contributed by atoms with Gasteiger partial charge in [0.1, 0.15) is 16.7 Å². The maximum absolute atomic E-state index is 11.5. The molecule has 1 heterocycles. The van der Waals surface area contributed by atoms with Crippen LogP contribution in [0.5, 0.6) is 11.6 Å². The maximum atomic E-state index is 11.5. The standard InChI is InChI=1S/C13H11ClN2O2/c1-8(17)10-5-3-4-6-11(10)18-13-7-12(14)15-9(2)16-13/h3-7H,1-2H3. The van der Waals surface area contributed by atoms with Crippen LogP contribution in [0.1, 0.15) is 23.1 Å². The summed E-state index contributed by atoms with van der Waals surface area (Å²) in [5, 5.41) is 0.304. The highest BCUT2D eigenvalue weighted by molar-refractivity contribution is 6.29. The minimum atomic E-state index is -0.0672. The molecule has 2 aromatic rings. The SMILES string of the molecule is CC(=O)c1ccccc1Oc1cc(Cl)nc(C)n1. The van der Waals surface area contributed by atoms with Crippen molar-refractivity contribution < 1.29 is 9.53 Å². The zero-order valence-corrected chi connectivity index (χ0v) is 10.7. The molecule has 0 aliphatic rings. The molecule has 0 saturated heterocycles. The number of hydrogen-bond acceptors (Lipinski definition) is 4. The summed E-state index contributed by atoms with van der Waals surface area (Å²) in [6.45, 7) is 3.20. The van der Waals surface area contributed by atoms with E-state index in [0.29, 0.717) is 28.2 Å². The van der Waals surface area contributed by atoms with Gasteiger partial charge in [-0.2, -0.15) is 4.98 Å². The number of nitrogens with zero attached hydrogens (tertiary/aromatic N) is 2. The summed E-state index contributed by atoms with van der Waals surface area (Å²) < 4.78 is 5.58. The summed E-state index contributed by atoms with van der Waals surface area (Å²) in [4.78, 5) is 19.5. The Labute approximate surface area is 110 Å². The average molecular weight is 263 g/mol. The molecule has 0 aliphatic carbocycles. The number of carbonyl (C=O) groups excluding carboxylic acids is 1. The van der Waals surface area contributed by atoms with E-state index in [1.807, 2.05) is 0 Å². The predicted molar refractivity (Wildman–Crippen MR) is 68.3 cm³/mol.